The van der Waals surface area contributed by atoms with Gasteiger partial charge in [-0.2, -0.15) is 0 Å². The molecule has 0 atom stereocenters. The van der Waals surface area contributed by atoms with Crippen molar-refractivity contribution in [1.29, 1.82) is 0 Å². The number of hydrogen-bond acceptors (Lipinski definition) is 4. The first-order chi connectivity index (χ1) is 8.63. The van der Waals surface area contributed by atoms with E-state index in [0.717, 1.165) is 12.1 Å². The molecule has 96 valence electrons. The van der Waals surface area contributed by atoms with Crippen LogP contribution in [0.1, 0.15) is 37.0 Å². The minimum atomic E-state index is -0.400. The van der Waals surface area contributed by atoms with Crippen molar-refractivity contribution in [2.45, 2.75) is 27.2 Å². The van der Waals surface area contributed by atoms with Crippen LogP contribution in [0.15, 0.2) is 18.7 Å². The summed E-state index contributed by atoms with van der Waals surface area (Å²) in [4.78, 5) is 20.0. The lowest BCUT2D eigenvalue weighted by molar-refractivity contribution is 0.0522. The van der Waals surface area contributed by atoms with Crippen LogP contribution in [0.5, 0.6) is 0 Å². The van der Waals surface area contributed by atoms with Gasteiger partial charge in [-0.3, -0.25) is 9.38 Å². The van der Waals surface area contributed by atoms with E-state index in [1.54, 1.807) is 19.4 Å². The number of fused-ring (bicyclic) bond motifs is 1. The van der Waals surface area contributed by atoms with E-state index < -0.39 is 5.97 Å². The second-order valence-electron chi connectivity index (χ2n) is 4.57. The van der Waals surface area contributed by atoms with Gasteiger partial charge in [0.2, 0.25) is 0 Å². The van der Waals surface area contributed by atoms with Crippen molar-refractivity contribution in [3.8, 4) is 0 Å². The van der Waals surface area contributed by atoms with E-state index in [-0.39, 0.29) is 0 Å². The number of aromatic nitrogens is 3. The Hall–Kier alpha value is -1.91. The van der Waals surface area contributed by atoms with Crippen LogP contribution < -0.4 is 0 Å². The van der Waals surface area contributed by atoms with E-state index in [4.69, 9.17) is 4.74 Å². The summed E-state index contributed by atoms with van der Waals surface area (Å²) in [6.45, 7) is 6.40. The van der Waals surface area contributed by atoms with E-state index in [2.05, 4.69) is 23.8 Å². The predicted molar refractivity (Wildman–Crippen MR) is 67.5 cm³/mol. The fourth-order valence-electron chi connectivity index (χ4n) is 1.89. The molecule has 0 unspecified atom stereocenters. The van der Waals surface area contributed by atoms with Crippen molar-refractivity contribution in [1.82, 2.24) is 14.4 Å². The third-order valence-corrected chi connectivity index (χ3v) is 2.62. The third-order valence-electron chi connectivity index (χ3n) is 2.62. The Morgan fingerprint density at radius 1 is 1.44 bits per heavy atom. The molecule has 2 aromatic rings. The zero-order valence-electron chi connectivity index (χ0n) is 10.9. The number of carbonyl (C=O) groups is 1. The van der Waals surface area contributed by atoms with Gasteiger partial charge in [0.25, 0.3) is 0 Å². The van der Waals surface area contributed by atoms with Gasteiger partial charge in [-0.25, -0.2) is 9.78 Å². The summed E-state index contributed by atoms with van der Waals surface area (Å²) >= 11 is 0. The van der Waals surface area contributed by atoms with Crippen molar-refractivity contribution >= 4 is 11.5 Å². The van der Waals surface area contributed by atoms with E-state index in [0.29, 0.717) is 23.7 Å². The molecule has 2 heterocycles. The summed E-state index contributed by atoms with van der Waals surface area (Å²) in [5, 5.41) is 0. The predicted octanol–water partition coefficient (Wildman–Crippen LogP) is 2.10. The molecule has 2 aromatic heterocycles. The molecule has 0 saturated carbocycles. The van der Waals surface area contributed by atoms with E-state index >= 15 is 0 Å². The highest BCUT2D eigenvalue weighted by atomic mass is 16.5. The molecule has 0 spiro atoms. The monoisotopic (exact) mass is 247 g/mol. The van der Waals surface area contributed by atoms with Crippen LogP contribution >= 0.6 is 0 Å². The van der Waals surface area contributed by atoms with Crippen LogP contribution in [0.2, 0.25) is 0 Å². The molecule has 0 amide bonds. The Bertz CT molecular complexity index is 560. The molecule has 5 nitrogen and oxygen atoms in total. The van der Waals surface area contributed by atoms with Crippen LogP contribution in [0, 0.1) is 5.92 Å². The highest BCUT2D eigenvalue weighted by Gasteiger charge is 2.16. The lowest BCUT2D eigenvalue weighted by atomic mass is 10.1. The van der Waals surface area contributed by atoms with Gasteiger partial charge in [0, 0.05) is 11.9 Å². The molecule has 18 heavy (non-hydrogen) atoms. The quantitative estimate of drug-likeness (QED) is 0.776. The number of ether oxygens (including phenoxy) is 1. The Kier molecular flexibility index (Phi) is 3.60. The molecule has 0 radical (unpaired) electrons. The average Bonchev–Trinajstić information content (AvgIpc) is 2.73. The maximum atomic E-state index is 11.7. The highest BCUT2D eigenvalue weighted by molar-refractivity contribution is 5.94. The molecule has 0 aromatic carbocycles. The van der Waals surface area contributed by atoms with Crippen LogP contribution in [0.4, 0.5) is 0 Å². The third kappa shape index (κ3) is 2.34. The second-order valence-corrected chi connectivity index (χ2v) is 4.57. The molecule has 0 aliphatic heterocycles. The van der Waals surface area contributed by atoms with E-state index in [1.807, 2.05) is 10.6 Å². The summed E-state index contributed by atoms with van der Waals surface area (Å²) in [7, 11) is 0. The van der Waals surface area contributed by atoms with Gasteiger partial charge in [-0.1, -0.05) is 13.8 Å². The molecular weight excluding hydrogens is 230 g/mol. The normalized spacial score (nSPS) is 11.1. The minimum absolute atomic E-state index is 0.329. The summed E-state index contributed by atoms with van der Waals surface area (Å²) in [6.07, 6.45) is 6.00. The standard InChI is InChI=1S/C13H17N3O2/c1-4-18-13(17)12-11-7-14-6-10(5-9(2)3)16(11)8-15-12/h6-9H,4-5H2,1-3H3. The number of nitrogens with zero attached hydrogens (tertiary/aromatic N) is 3. The van der Waals surface area contributed by atoms with Crippen molar-refractivity contribution in [2.75, 3.05) is 6.61 Å². The lowest BCUT2D eigenvalue weighted by Gasteiger charge is -2.07. The Morgan fingerprint density at radius 2 is 2.22 bits per heavy atom. The topological polar surface area (TPSA) is 56.5 Å². The van der Waals surface area contributed by atoms with E-state index in [9.17, 15) is 4.79 Å². The molecule has 0 fully saturated rings. The smallest absolute Gasteiger partial charge is 0.359 e. The van der Waals surface area contributed by atoms with Crippen molar-refractivity contribution < 1.29 is 9.53 Å². The first-order valence-corrected chi connectivity index (χ1v) is 6.10. The molecule has 0 aliphatic carbocycles. The van der Waals surface area contributed by atoms with Gasteiger partial charge in [0.15, 0.2) is 5.69 Å². The zero-order valence-corrected chi connectivity index (χ0v) is 10.9. The second kappa shape index (κ2) is 5.16. The molecule has 0 aliphatic rings. The van der Waals surface area contributed by atoms with Gasteiger partial charge >= 0.3 is 5.97 Å². The van der Waals surface area contributed by atoms with Crippen LogP contribution in [-0.2, 0) is 11.2 Å². The largest absolute Gasteiger partial charge is 0.461 e. The summed E-state index contributed by atoms with van der Waals surface area (Å²) in [5.74, 6) is 0.120. The Labute approximate surface area is 106 Å². The number of esters is 1. The average molecular weight is 247 g/mol. The maximum Gasteiger partial charge on any atom is 0.359 e. The van der Waals surface area contributed by atoms with Crippen LogP contribution in [0.3, 0.4) is 0 Å². The zero-order chi connectivity index (χ0) is 13.1. The highest BCUT2D eigenvalue weighted by Crippen LogP contribution is 2.14. The van der Waals surface area contributed by atoms with Gasteiger partial charge in [0.1, 0.15) is 6.33 Å². The maximum absolute atomic E-state index is 11.7. The summed E-state index contributed by atoms with van der Waals surface area (Å²) < 4.78 is 6.87. The number of rotatable bonds is 4. The van der Waals surface area contributed by atoms with Gasteiger partial charge in [-0.15, -0.1) is 0 Å². The van der Waals surface area contributed by atoms with Crippen molar-refractivity contribution in [3.63, 3.8) is 0 Å². The van der Waals surface area contributed by atoms with Crippen molar-refractivity contribution in [3.05, 3.63) is 30.1 Å². The minimum Gasteiger partial charge on any atom is -0.461 e. The number of carbonyl (C=O) groups excluding carboxylic acids is 1. The van der Waals surface area contributed by atoms with Crippen LogP contribution in [-0.4, -0.2) is 26.9 Å². The molecule has 5 heteroatoms. The molecule has 2 rings (SSSR count). The lowest BCUT2D eigenvalue weighted by Crippen LogP contribution is -2.07. The first-order valence-electron chi connectivity index (χ1n) is 6.10. The SMILES string of the molecule is CCOC(=O)c1ncn2c(CC(C)C)cncc12. The molecule has 0 bridgehead atoms. The fourth-order valence-corrected chi connectivity index (χ4v) is 1.89. The molecular formula is C13H17N3O2. The summed E-state index contributed by atoms with van der Waals surface area (Å²) in [5.41, 5.74) is 2.08. The fraction of sp³-hybridized carbons (Fsp3) is 0.462. The van der Waals surface area contributed by atoms with Gasteiger partial charge in [-0.05, 0) is 19.3 Å². The number of imidazole rings is 1. The van der Waals surface area contributed by atoms with E-state index in [1.165, 1.54) is 0 Å². The Balaban J connectivity index is 2.45. The molecule has 0 N–H and O–H groups in total. The first kappa shape index (κ1) is 12.5. The molecule has 0 saturated heterocycles. The Morgan fingerprint density at radius 3 is 2.89 bits per heavy atom. The number of hydrogen-bond donors (Lipinski definition) is 0. The van der Waals surface area contributed by atoms with Gasteiger partial charge in [0.05, 0.1) is 18.3 Å². The van der Waals surface area contributed by atoms with Crippen molar-refractivity contribution in [2.24, 2.45) is 5.92 Å². The summed E-state index contributed by atoms with van der Waals surface area (Å²) in [6, 6.07) is 0. The van der Waals surface area contributed by atoms with Gasteiger partial charge < -0.3 is 4.74 Å². The van der Waals surface area contributed by atoms with Crippen LogP contribution in [0.25, 0.3) is 5.52 Å².